The Hall–Kier alpha value is -2.08. The van der Waals surface area contributed by atoms with E-state index in [4.69, 9.17) is 5.11 Å². The third-order valence-corrected chi connectivity index (χ3v) is 3.93. The first-order valence-electron chi connectivity index (χ1n) is 8.27. The first kappa shape index (κ1) is 20.0. The lowest BCUT2D eigenvalue weighted by molar-refractivity contribution is -0.137. The molecular formula is C18H28N2O4. The van der Waals surface area contributed by atoms with Crippen LogP contribution in [0.2, 0.25) is 0 Å². The number of hydrogen-bond donors (Lipinski definition) is 4. The van der Waals surface area contributed by atoms with Gasteiger partial charge in [0.1, 0.15) is 0 Å². The van der Waals surface area contributed by atoms with E-state index >= 15 is 0 Å². The van der Waals surface area contributed by atoms with Crippen molar-refractivity contribution in [2.75, 3.05) is 0 Å². The molecule has 0 fully saturated rings. The van der Waals surface area contributed by atoms with Gasteiger partial charge in [-0.25, -0.2) is 4.79 Å². The standard InChI is InChI=1S/C18H28N2O4/c1-4-15(18(2,3)24)20-17(23)19-14(10-11-16(21)22)12-13-8-6-5-7-9-13/h5-9,14-15,24H,4,10-12H2,1-3H3,(H,21,22)(H2,19,20,23). The zero-order chi connectivity index (χ0) is 18.2. The van der Waals surface area contributed by atoms with E-state index in [2.05, 4.69) is 10.6 Å². The zero-order valence-corrected chi connectivity index (χ0v) is 14.6. The monoisotopic (exact) mass is 336 g/mol. The minimum absolute atomic E-state index is 0.0134. The van der Waals surface area contributed by atoms with Gasteiger partial charge in [0.15, 0.2) is 0 Å². The fourth-order valence-electron chi connectivity index (χ4n) is 2.59. The fraction of sp³-hybridized carbons (Fsp3) is 0.556. The molecule has 0 aliphatic rings. The van der Waals surface area contributed by atoms with Crippen molar-refractivity contribution >= 4 is 12.0 Å². The van der Waals surface area contributed by atoms with Gasteiger partial charge in [-0.15, -0.1) is 0 Å². The average molecular weight is 336 g/mol. The summed E-state index contributed by atoms with van der Waals surface area (Å²) in [5, 5.41) is 24.5. The van der Waals surface area contributed by atoms with E-state index in [1.807, 2.05) is 37.3 Å². The molecule has 0 spiro atoms. The van der Waals surface area contributed by atoms with Crippen molar-refractivity contribution in [3.05, 3.63) is 35.9 Å². The number of carboxylic acid groups (broad SMARTS) is 1. The van der Waals surface area contributed by atoms with Crippen molar-refractivity contribution in [1.29, 1.82) is 0 Å². The van der Waals surface area contributed by atoms with Crippen LogP contribution in [0.1, 0.15) is 45.6 Å². The van der Waals surface area contributed by atoms with Crippen molar-refractivity contribution in [1.82, 2.24) is 10.6 Å². The molecule has 0 saturated carbocycles. The highest BCUT2D eigenvalue weighted by Crippen LogP contribution is 2.12. The Bertz CT molecular complexity index is 526. The molecule has 4 N–H and O–H groups in total. The molecular weight excluding hydrogens is 308 g/mol. The summed E-state index contributed by atoms with van der Waals surface area (Å²) < 4.78 is 0. The summed E-state index contributed by atoms with van der Waals surface area (Å²) >= 11 is 0. The SMILES string of the molecule is CCC(NC(=O)NC(CCC(=O)O)Cc1ccccc1)C(C)(C)O. The highest BCUT2D eigenvalue weighted by atomic mass is 16.4. The topological polar surface area (TPSA) is 98.7 Å². The summed E-state index contributed by atoms with van der Waals surface area (Å²) in [6, 6.07) is 8.55. The molecule has 134 valence electrons. The number of amides is 2. The van der Waals surface area contributed by atoms with E-state index in [0.717, 1.165) is 5.56 Å². The summed E-state index contributed by atoms with van der Waals surface area (Å²) in [4.78, 5) is 23.1. The van der Waals surface area contributed by atoms with Crippen molar-refractivity contribution in [3.8, 4) is 0 Å². The minimum Gasteiger partial charge on any atom is -0.481 e. The summed E-state index contributed by atoms with van der Waals surface area (Å²) in [5.74, 6) is -0.891. The Morgan fingerprint density at radius 3 is 2.29 bits per heavy atom. The summed E-state index contributed by atoms with van der Waals surface area (Å²) in [6.07, 6.45) is 1.48. The van der Waals surface area contributed by atoms with E-state index in [1.165, 1.54) is 0 Å². The number of carbonyl (C=O) groups is 2. The van der Waals surface area contributed by atoms with Crippen molar-refractivity contribution in [2.24, 2.45) is 0 Å². The lowest BCUT2D eigenvalue weighted by Crippen LogP contribution is -2.53. The molecule has 6 nitrogen and oxygen atoms in total. The van der Waals surface area contributed by atoms with E-state index in [9.17, 15) is 14.7 Å². The lowest BCUT2D eigenvalue weighted by Gasteiger charge is -2.30. The van der Waals surface area contributed by atoms with Crippen molar-refractivity contribution in [2.45, 2.75) is 64.1 Å². The van der Waals surface area contributed by atoms with Gasteiger partial charge in [-0.3, -0.25) is 4.79 Å². The molecule has 0 heterocycles. The van der Waals surface area contributed by atoms with Crippen LogP contribution in [0.3, 0.4) is 0 Å². The molecule has 0 aliphatic heterocycles. The fourth-order valence-corrected chi connectivity index (χ4v) is 2.59. The molecule has 6 heteroatoms. The van der Waals surface area contributed by atoms with Crippen LogP contribution in [0.5, 0.6) is 0 Å². The van der Waals surface area contributed by atoms with Crippen LogP contribution >= 0.6 is 0 Å². The smallest absolute Gasteiger partial charge is 0.315 e. The van der Waals surface area contributed by atoms with E-state index in [-0.39, 0.29) is 18.5 Å². The number of carboxylic acids is 1. The molecule has 0 bridgehead atoms. The molecule has 0 radical (unpaired) electrons. The molecule has 1 rings (SSSR count). The first-order chi connectivity index (χ1) is 11.2. The molecule has 2 atom stereocenters. The summed E-state index contributed by atoms with van der Waals surface area (Å²) in [6.45, 7) is 5.18. The van der Waals surface area contributed by atoms with Crippen LogP contribution in [-0.2, 0) is 11.2 Å². The molecule has 0 aliphatic carbocycles. The first-order valence-corrected chi connectivity index (χ1v) is 8.27. The normalized spacial score (nSPS) is 13.8. The van der Waals surface area contributed by atoms with E-state index < -0.39 is 17.6 Å². The van der Waals surface area contributed by atoms with Crippen LogP contribution in [0, 0.1) is 0 Å². The number of carbonyl (C=O) groups excluding carboxylic acids is 1. The van der Waals surface area contributed by atoms with Gasteiger partial charge in [-0.2, -0.15) is 0 Å². The second-order valence-corrected chi connectivity index (χ2v) is 6.55. The predicted molar refractivity (Wildman–Crippen MR) is 92.8 cm³/mol. The number of aliphatic carboxylic acids is 1. The largest absolute Gasteiger partial charge is 0.481 e. The number of rotatable bonds is 9. The molecule has 0 saturated heterocycles. The molecule has 1 aromatic rings. The van der Waals surface area contributed by atoms with Gasteiger partial charge < -0.3 is 20.8 Å². The Kier molecular flexibility index (Phi) is 7.71. The predicted octanol–water partition coefficient (Wildman–Crippen LogP) is 2.31. The number of nitrogens with one attached hydrogen (secondary N) is 2. The van der Waals surface area contributed by atoms with Crippen LogP contribution in [-0.4, -0.2) is 39.9 Å². The quantitative estimate of drug-likeness (QED) is 0.556. The van der Waals surface area contributed by atoms with Gasteiger partial charge in [-0.05, 0) is 38.7 Å². The van der Waals surface area contributed by atoms with Crippen LogP contribution in [0.25, 0.3) is 0 Å². The van der Waals surface area contributed by atoms with Crippen molar-refractivity contribution < 1.29 is 19.8 Å². The van der Waals surface area contributed by atoms with Gasteiger partial charge in [-0.1, -0.05) is 37.3 Å². The zero-order valence-electron chi connectivity index (χ0n) is 14.6. The number of hydrogen-bond acceptors (Lipinski definition) is 3. The second-order valence-electron chi connectivity index (χ2n) is 6.55. The van der Waals surface area contributed by atoms with E-state index in [0.29, 0.717) is 19.3 Å². The van der Waals surface area contributed by atoms with Gasteiger partial charge in [0.05, 0.1) is 11.6 Å². The van der Waals surface area contributed by atoms with Crippen LogP contribution in [0.4, 0.5) is 4.79 Å². The third kappa shape index (κ3) is 7.46. The Morgan fingerprint density at radius 2 is 1.79 bits per heavy atom. The number of benzene rings is 1. The van der Waals surface area contributed by atoms with Gasteiger partial charge in [0.25, 0.3) is 0 Å². The van der Waals surface area contributed by atoms with Gasteiger partial charge in [0.2, 0.25) is 0 Å². The Balaban J connectivity index is 2.69. The van der Waals surface area contributed by atoms with Crippen LogP contribution in [0.15, 0.2) is 30.3 Å². The van der Waals surface area contributed by atoms with Crippen molar-refractivity contribution in [3.63, 3.8) is 0 Å². The Morgan fingerprint density at radius 1 is 1.17 bits per heavy atom. The summed E-state index contributed by atoms with van der Waals surface area (Å²) in [5.41, 5.74) is 0.00458. The minimum atomic E-state index is -1.03. The lowest BCUT2D eigenvalue weighted by atomic mass is 9.97. The summed E-state index contributed by atoms with van der Waals surface area (Å²) in [7, 11) is 0. The van der Waals surface area contributed by atoms with E-state index in [1.54, 1.807) is 13.8 Å². The third-order valence-electron chi connectivity index (χ3n) is 3.93. The molecule has 24 heavy (non-hydrogen) atoms. The highest BCUT2D eigenvalue weighted by Gasteiger charge is 2.27. The average Bonchev–Trinajstić information content (AvgIpc) is 2.50. The number of urea groups is 1. The molecule has 2 unspecified atom stereocenters. The van der Waals surface area contributed by atoms with Gasteiger partial charge >= 0.3 is 12.0 Å². The highest BCUT2D eigenvalue weighted by molar-refractivity contribution is 5.75. The molecule has 1 aromatic carbocycles. The van der Waals surface area contributed by atoms with Crippen LogP contribution < -0.4 is 10.6 Å². The maximum absolute atomic E-state index is 12.2. The molecule has 0 aromatic heterocycles. The Labute approximate surface area is 143 Å². The maximum Gasteiger partial charge on any atom is 0.315 e. The maximum atomic E-state index is 12.2. The molecule has 2 amide bonds. The number of aliphatic hydroxyl groups is 1. The van der Waals surface area contributed by atoms with Gasteiger partial charge in [0, 0.05) is 12.5 Å². The second kappa shape index (κ2) is 9.27.